The Morgan fingerprint density at radius 2 is 2.17 bits per heavy atom. The molecule has 0 aromatic carbocycles. The van der Waals surface area contributed by atoms with Crippen LogP contribution in [0.25, 0.3) is 0 Å². The molecule has 0 saturated heterocycles. The predicted octanol–water partition coefficient (Wildman–Crippen LogP) is 2.67. The van der Waals surface area contributed by atoms with Crippen LogP contribution < -0.4 is 0 Å². The van der Waals surface area contributed by atoms with Crippen LogP contribution in [-0.2, 0) is 15.9 Å². The van der Waals surface area contributed by atoms with E-state index in [1.165, 1.54) is 4.88 Å². The van der Waals surface area contributed by atoms with Gasteiger partial charge >= 0.3 is 0 Å². The predicted molar refractivity (Wildman–Crippen MR) is 53.5 cm³/mol. The highest BCUT2D eigenvalue weighted by molar-refractivity contribution is 9.10. The molecular weight excluding hydrogens is 240 g/mol. The minimum atomic E-state index is -0.139. The van der Waals surface area contributed by atoms with E-state index in [2.05, 4.69) is 15.9 Å². The molecule has 0 saturated carbocycles. The highest BCUT2D eigenvalue weighted by Gasteiger charge is 2.09. The van der Waals surface area contributed by atoms with Crippen molar-refractivity contribution in [2.24, 2.45) is 0 Å². The van der Waals surface area contributed by atoms with E-state index in [-0.39, 0.29) is 6.29 Å². The van der Waals surface area contributed by atoms with Crippen LogP contribution in [0, 0.1) is 0 Å². The minimum Gasteiger partial charge on any atom is -0.356 e. The maximum absolute atomic E-state index is 5.09. The summed E-state index contributed by atoms with van der Waals surface area (Å²) in [5.74, 6) is 0. The molecule has 1 aromatic rings. The van der Waals surface area contributed by atoms with Gasteiger partial charge in [-0.2, -0.15) is 0 Å². The molecule has 12 heavy (non-hydrogen) atoms. The second kappa shape index (κ2) is 4.97. The fraction of sp³-hybridized carbons (Fsp3) is 0.500. The van der Waals surface area contributed by atoms with Crippen molar-refractivity contribution in [3.05, 3.63) is 20.8 Å². The van der Waals surface area contributed by atoms with Crippen molar-refractivity contribution in [3.8, 4) is 0 Å². The molecule has 0 atom stereocenters. The molecule has 0 N–H and O–H groups in total. The summed E-state index contributed by atoms with van der Waals surface area (Å²) in [6.45, 7) is 0. The second-order valence-corrected chi connectivity index (χ2v) is 4.15. The molecule has 0 fully saturated rings. The van der Waals surface area contributed by atoms with E-state index in [9.17, 15) is 0 Å². The first-order valence-corrected chi connectivity index (χ1v) is 5.22. The third-order valence-electron chi connectivity index (χ3n) is 1.57. The lowest BCUT2D eigenvalue weighted by molar-refractivity contribution is -0.0999. The van der Waals surface area contributed by atoms with Gasteiger partial charge in [0.15, 0.2) is 6.29 Å². The van der Waals surface area contributed by atoms with Gasteiger partial charge in [0.1, 0.15) is 0 Å². The van der Waals surface area contributed by atoms with E-state index in [1.54, 1.807) is 25.6 Å². The highest BCUT2D eigenvalue weighted by atomic mass is 79.9. The summed E-state index contributed by atoms with van der Waals surface area (Å²) in [7, 11) is 3.30. The van der Waals surface area contributed by atoms with Crippen molar-refractivity contribution in [2.45, 2.75) is 12.7 Å². The Labute approximate surface area is 84.6 Å². The van der Waals surface area contributed by atoms with Crippen LogP contribution in [-0.4, -0.2) is 20.5 Å². The number of hydrogen-bond donors (Lipinski definition) is 0. The molecular formula is C8H11BrO2S. The van der Waals surface area contributed by atoms with Gasteiger partial charge in [0.05, 0.1) is 0 Å². The SMILES string of the molecule is COC(Cc1sccc1Br)OC. The van der Waals surface area contributed by atoms with E-state index < -0.39 is 0 Å². The van der Waals surface area contributed by atoms with Gasteiger partial charge < -0.3 is 9.47 Å². The Morgan fingerprint density at radius 3 is 2.58 bits per heavy atom. The number of ether oxygens (including phenoxy) is 2. The molecule has 68 valence electrons. The van der Waals surface area contributed by atoms with Crippen LogP contribution >= 0.6 is 27.3 Å². The molecule has 4 heteroatoms. The topological polar surface area (TPSA) is 18.5 Å². The van der Waals surface area contributed by atoms with Crippen LogP contribution in [0.3, 0.4) is 0 Å². The summed E-state index contributed by atoms with van der Waals surface area (Å²) >= 11 is 5.15. The molecule has 1 rings (SSSR count). The highest BCUT2D eigenvalue weighted by Crippen LogP contribution is 2.24. The van der Waals surface area contributed by atoms with Crippen molar-refractivity contribution >= 4 is 27.3 Å². The average Bonchev–Trinajstić information content (AvgIpc) is 2.47. The zero-order chi connectivity index (χ0) is 8.97. The number of halogens is 1. The average molecular weight is 251 g/mol. The summed E-state index contributed by atoms with van der Waals surface area (Å²) in [6, 6.07) is 2.03. The molecule has 1 aromatic heterocycles. The molecule has 0 aliphatic rings. The maximum atomic E-state index is 5.09. The monoisotopic (exact) mass is 250 g/mol. The Hall–Kier alpha value is 0.1000. The van der Waals surface area contributed by atoms with Gasteiger partial charge in [-0.25, -0.2) is 0 Å². The van der Waals surface area contributed by atoms with E-state index in [0.29, 0.717) is 0 Å². The first kappa shape index (κ1) is 10.2. The quantitative estimate of drug-likeness (QED) is 0.766. The Kier molecular flexibility index (Phi) is 4.21. The van der Waals surface area contributed by atoms with Crippen molar-refractivity contribution in [3.63, 3.8) is 0 Å². The number of thiophene rings is 1. The lowest BCUT2D eigenvalue weighted by atomic mass is 10.3. The van der Waals surface area contributed by atoms with Gasteiger partial charge in [-0.3, -0.25) is 0 Å². The molecule has 0 aliphatic carbocycles. The maximum Gasteiger partial charge on any atom is 0.161 e. The van der Waals surface area contributed by atoms with Gasteiger partial charge in [-0.15, -0.1) is 11.3 Å². The summed E-state index contributed by atoms with van der Waals surface area (Å²) in [5, 5.41) is 2.04. The fourth-order valence-corrected chi connectivity index (χ4v) is 2.42. The summed E-state index contributed by atoms with van der Waals surface area (Å²) in [4.78, 5) is 1.25. The third kappa shape index (κ3) is 2.55. The lowest BCUT2D eigenvalue weighted by Gasteiger charge is -2.11. The van der Waals surface area contributed by atoms with Gasteiger partial charge in [0, 0.05) is 30.0 Å². The minimum absolute atomic E-state index is 0.139. The summed E-state index contributed by atoms with van der Waals surface area (Å²) in [5.41, 5.74) is 0. The van der Waals surface area contributed by atoms with E-state index in [0.717, 1.165) is 10.9 Å². The molecule has 1 heterocycles. The van der Waals surface area contributed by atoms with E-state index in [1.807, 2.05) is 11.4 Å². The van der Waals surface area contributed by atoms with Crippen molar-refractivity contribution in [1.29, 1.82) is 0 Å². The molecule has 0 bridgehead atoms. The fourth-order valence-electron chi connectivity index (χ4n) is 0.885. The number of methoxy groups -OCH3 is 2. The van der Waals surface area contributed by atoms with Crippen LogP contribution in [0.5, 0.6) is 0 Å². The largest absolute Gasteiger partial charge is 0.356 e. The van der Waals surface area contributed by atoms with Gasteiger partial charge in [0.25, 0.3) is 0 Å². The Balaban J connectivity index is 2.56. The van der Waals surface area contributed by atoms with Crippen molar-refractivity contribution in [1.82, 2.24) is 0 Å². The van der Waals surface area contributed by atoms with Crippen LogP contribution in [0.2, 0.25) is 0 Å². The third-order valence-corrected chi connectivity index (χ3v) is 3.52. The summed E-state index contributed by atoms with van der Waals surface area (Å²) < 4.78 is 11.3. The second-order valence-electron chi connectivity index (χ2n) is 2.30. The van der Waals surface area contributed by atoms with E-state index in [4.69, 9.17) is 9.47 Å². The molecule has 0 amide bonds. The number of rotatable bonds is 4. The molecule has 0 radical (unpaired) electrons. The lowest BCUT2D eigenvalue weighted by Crippen LogP contribution is -2.15. The van der Waals surface area contributed by atoms with Crippen molar-refractivity contribution < 1.29 is 9.47 Å². The van der Waals surface area contributed by atoms with E-state index >= 15 is 0 Å². The smallest absolute Gasteiger partial charge is 0.161 e. The molecule has 0 spiro atoms. The molecule has 2 nitrogen and oxygen atoms in total. The van der Waals surface area contributed by atoms with Gasteiger partial charge in [-0.1, -0.05) is 0 Å². The first-order valence-electron chi connectivity index (χ1n) is 3.55. The van der Waals surface area contributed by atoms with Crippen molar-refractivity contribution in [2.75, 3.05) is 14.2 Å². The first-order chi connectivity index (χ1) is 5.77. The Bertz CT molecular complexity index is 233. The molecule has 0 aliphatic heterocycles. The van der Waals surface area contributed by atoms with Crippen LogP contribution in [0.15, 0.2) is 15.9 Å². The van der Waals surface area contributed by atoms with Gasteiger partial charge in [-0.05, 0) is 27.4 Å². The zero-order valence-corrected chi connectivity index (χ0v) is 9.44. The zero-order valence-electron chi connectivity index (χ0n) is 7.04. The molecule has 0 unspecified atom stereocenters. The number of hydrogen-bond acceptors (Lipinski definition) is 3. The summed E-state index contributed by atoms with van der Waals surface area (Å²) in [6.07, 6.45) is 0.658. The normalized spacial score (nSPS) is 11.0. The van der Waals surface area contributed by atoms with Crippen LogP contribution in [0.1, 0.15) is 4.88 Å². The van der Waals surface area contributed by atoms with Gasteiger partial charge in [0.2, 0.25) is 0 Å². The Morgan fingerprint density at radius 1 is 1.50 bits per heavy atom. The van der Waals surface area contributed by atoms with Crippen LogP contribution in [0.4, 0.5) is 0 Å². The standard InChI is InChI=1S/C8H11BrO2S/c1-10-8(11-2)5-7-6(9)3-4-12-7/h3-4,8H,5H2,1-2H3.